The van der Waals surface area contributed by atoms with Crippen LogP contribution in [0.4, 0.5) is 4.79 Å². The third-order valence-corrected chi connectivity index (χ3v) is 1.36. The lowest BCUT2D eigenvalue weighted by Crippen LogP contribution is -2.28. The Balaban J connectivity index is 3.82. The summed E-state index contributed by atoms with van der Waals surface area (Å²) in [5, 5.41) is -0.724. The molecule has 0 fully saturated rings. The Morgan fingerprint density at radius 3 is 2.30 bits per heavy atom. The van der Waals surface area contributed by atoms with Crippen molar-refractivity contribution >= 4 is 22.9 Å². The molecule has 0 N–H and O–H groups in total. The van der Waals surface area contributed by atoms with Gasteiger partial charge in [-0.25, -0.2) is 0 Å². The first-order valence-corrected chi connectivity index (χ1v) is 3.43. The third kappa shape index (κ3) is 2.82. The molecule has 0 spiro atoms. The molecule has 0 aliphatic rings. The summed E-state index contributed by atoms with van der Waals surface area (Å²) < 4.78 is 0. The van der Waals surface area contributed by atoms with Gasteiger partial charge >= 0.3 is 5.37 Å². The second-order valence-corrected chi connectivity index (χ2v) is 2.28. The molecular weight excluding hydrogens is 154 g/mol. The van der Waals surface area contributed by atoms with E-state index < -0.39 is 5.37 Å². The van der Waals surface area contributed by atoms with E-state index in [1.165, 1.54) is 7.05 Å². The topological polar surface area (TPSA) is 37.4 Å². The van der Waals surface area contributed by atoms with Crippen LogP contribution in [-0.4, -0.2) is 23.2 Å². The highest BCUT2D eigenvalue weighted by Crippen LogP contribution is 1.98. The van der Waals surface area contributed by atoms with Gasteiger partial charge in [0, 0.05) is 13.5 Å². The van der Waals surface area contributed by atoms with Gasteiger partial charge < -0.3 is 0 Å². The molecule has 0 aromatic rings. The van der Waals surface area contributed by atoms with Crippen LogP contribution in [0.5, 0.6) is 0 Å². The zero-order valence-corrected chi connectivity index (χ0v) is 6.81. The van der Waals surface area contributed by atoms with Crippen LogP contribution >= 0.6 is 11.6 Å². The fourth-order valence-corrected chi connectivity index (χ4v) is 0.574. The molecule has 0 saturated carbocycles. The molecule has 58 valence electrons. The minimum absolute atomic E-state index is 0.234. The van der Waals surface area contributed by atoms with Crippen LogP contribution in [0.25, 0.3) is 0 Å². The Bertz CT molecular complexity index is 147. The van der Waals surface area contributed by atoms with Crippen molar-refractivity contribution in [3.05, 3.63) is 0 Å². The van der Waals surface area contributed by atoms with Gasteiger partial charge in [-0.05, 0) is 18.0 Å². The minimum atomic E-state index is -0.724. The van der Waals surface area contributed by atoms with Crippen LogP contribution in [0.1, 0.15) is 19.8 Å². The van der Waals surface area contributed by atoms with E-state index in [4.69, 9.17) is 11.6 Å². The van der Waals surface area contributed by atoms with E-state index in [1.54, 1.807) is 0 Å². The van der Waals surface area contributed by atoms with E-state index in [0.717, 1.165) is 11.3 Å². The molecule has 0 bridgehead atoms. The van der Waals surface area contributed by atoms with Crippen LogP contribution in [0.2, 0.25) is 0 Å². The molecule has 0 atom stereocenters. The molecule has 0 aromatic heterocycles. The number of amides is 2. The first-order valence-electron chi connectivity index (χ1n) is 3.05. The minimum Gasteiger partial charge on any atom is -0.274 e. The monoisotopic (exact) mass is 163 g/mol. The summed E-state index contributed by atoms with van der Waals surface area (Å²) in [6.45, 7) is 1.87. The molecule has 0 saturated heterocycles. The van der Waals surface area contributed by atoms with Crippen LogP contribution in [-0.2, 0) is 4.79 Å². The Morgan fingerprint density at radius 1 is 1.50 bits per heavy atom. The highest BCUT2D eigenvalue weighted by atomic mass is 35.5. The molecule has 3 nitrogen and oxygen atoms in total. The lowest BCUT2D eigenvalue weighted by molar-refractivity contribution is -0.126. The summed E-state index contributed by atoms with van der Waals surface area (Å²) >= 11 is 5.03. The van der Waals surface area contributed by atoms with E-state index in [9.17, 15) is 9.59 Å². The summed E-state index contributed by atoms with van der Waals surface area (Å²) in [5.74, 6) is -0.234. The maximum Gasteiger partial charge on any atom is 0.322 e. The van der Waals surface area contributed by atoms with Crippen molar-refractivity contribution in [2.75, 3.05) is 7.05 Å². The van der Waals surface area contributed by atoms with E-state index >= 15 is 0 Å². The van der Waals surface area contributed by atoms with Gasteiger partial charge in [-0.3, -0.25) is 14.5 Å². The summed E-state index contributed by atoms with van der Waals surface area (Å²) in [6.07, 6.45) is 1.10. The SMILES string of the molecule is CCCC(=O)N(C)C(=O)Cl. The average Bonchev–Trinajstić information content (AvgIpc) is 1.87. The number of rotatable bonds is 2. The number of nitrogens with zero attached hydrogens (tertiary/aromatic N) is 1. The van der Waals surface area contributed by atoms with Crippen molar-refractivity contribution in [3.8, 4) is 0 Å². The second-order valence-electron chi connectivity index (χ2n) is 1.96. The maximum atomic E-state index is 10.8. The maximum absolute atomic E-state index is 10.8. The highest BCUT2D eigenvalue weighted by molar-refractivity contribution is 6.63. The average molecular weight is 164 g/mol. The molecule has 10 heavy (non-hydrogen) atoms. The Hall–Kier alpha value is -0.570. The van der Waals surface area contributed by atoms with Crippen molar-refractivity contribution in [2.24, 2.45) is 0 Å². The van der Waals surface area contributed by atoms with Gasteiger partial charge in [0.1, 0.15) is 0 Å². The standard InChI is InChI=1S/C6H10ClNO2/c1-3-4-5(9)8(2)6(7)10/h3-4H2,1-2H3. The van der Waals surface area contributed by atoms with E-state index in [2.05, 4.69) is 0 Å². The normalized spacial score (nSPS) is 9.10. The zero-order valence-electron chi connectivity index (χ0n) is 6.06. The van der Waals surface area contributed by atoms with E-state index in [0.29, 0.717) is 6.42 Å². The smallest absolute Gasteiger partial charge is 0.274 e. The summed E-state index contributed by atoms with van der Waals surface area (Å²) in [6, 6.07) is 0. The Kier molecular flexibility index (Phi) is 4.03. The van der Waals surface area contributed by atoms with Gasteiger partial charge in [0.05, 0.1) is 0 Å². The van der Waals surface area contributed by atoms with Crippen LogP contribution in [0, 0.1) is 0 Å². The Morgan fingerprint density at radius 2 is 2.00 bits per heavy atom. The molecule has 0 rings (SSSR count). The van der Waals surface area contributed by atoms with Crippen molar-refractivity contribution < 1.29 is 9.59 Å². The molecular formula is C6H10ClNO2. The molecule has 2 amide bonds. The Labute approximate surface area is 65.0 Å². The van der Waals surface area contributed by atoms with Gasteiger partial charge in [-0.15, -0.1) is 0 Å². The van der Waals surface area contributed by atoms with E-state index in [1.807, 2.05) is 6.92 Å². The van der Waals surface area contributed by atoms with Crippen molar-refractivity contribution in [1.82, 2.24) is 4.90 Å². The zero-order chi connectivity index (χ0) is 8.15. The predicted octanol–water partition coefficient (Wildman–Crippen LogP) is 1.60. The van der Waals surface area contributed by atoms with Gasteiger partial charge in [-0.2, -0.15) is 0 Å². The molecule has 4 heteroatoms. The van der Waals surface area contributed by atoms with Gasteiger partial charge in [-0.1, -0.05) is 6.92 Å². The van der Waals surface area contributed by atoms with Crippen molar-refractivity contribution in [1.29, 1.82) is 0 Å². The highest BCUT2D eigenvalue weighted by Gasteiger charge is 2.11. The molecule has 0 heterocycles. The first-order chi connectivity index (χ1) is 4.59. The van der Waals surface area contributed by atoms with Crippen molar-refractivity contribution in [3.63, 3.8) is 0 Å². The first kappa shape index (κ1) is 9.43. The number of imide groups is 1. The summed E-state index contributed by atoms with van der Waals surface area (Å²) in [5.41, 5.74) is 0. The number of carbonyl (C=O) groups excluding carboxylic acids is 2. The van der Waals surface area contributed by atoms with Gasteiger partial charge in [0.25, 0.3) is 0 Å². The van der Waals surface area contributed by atoms with Crippen molar-refractivity contribution in [2.45, 2.75) is 19.8 Å². The largest absolute Gasteiger partial charge is 0.322 e. The fraction of sp³-hybridized carbons (Fsp3) is 0.667. The molecule has 0 aromatic carbocycles. The molecule has 0 unspecified atom stereocenters. The fourth-order valence-electron chi connectivity index (χ4n) is 0.480. The predicted molar refractivity (Wildman–Crippen MR) is 38.9 cm³/mol. The van der Waals surface area contributed by atoms with Gasteiger partial charge in [0.15, 0.2) is 0 Å². The number of halogens is 1. The third-order valence-electron chi connectivity index (χ3n) is 1.10. The molecule has 0 radical (unpaired) electrons. The quantitative estimate of drug-likeness (QED) is 0.458. The lowest BCUT2D eigenvalue weighted by Gasteiger charge is -2.09. The van der Waals surface area contributed by atoms with E-state index in [-0.39, 0.29) is 5.91 Å². The number of hydrogen-bond acceptors (Lipinski definition) is 2. The summed E-state index contributed by atoms with van der Waals surface area (Å²) in [7, 11) is 1.37. The van der Waals surface area contributed by atoms with Crippen LogP contribution in [0.3, 0.4) is 0 Å². The summed E-state index contributed by atoms with van der Waals surface area (Å²) in [4.78, 5) is 22.0. The second kappa shape index (κ2) is 4.28. The molecule has 0 aliphatic heterocycles. The van der Waals surface area contributed by atoms with Crippen LogP contribution in [0.15, 0.2) is 0 Å². The molecule has 0 aliphatic carbocycles. The van der Waals surface area contributed by atoms with Gasteiger partial charge in [0.2, 0.25) is 5.91 Å². The van der Waals surface area contributed by atoms with Crippen LogP contribution < -0.4 is 0 Å². The lowest BCUT2D eigenvalue weighted by atomic mass is 10.3. The number of carbonyl (C=O) groups is 2. The number of hydrogen-bond donors (Lipinski definition) is 0.